The summed E-state index contributed by atoms with van der Waals surface area (Å²) >= 11 is 5.49. The maximum absolute atomic E-state index is 10.5. The maximum Gasteiger partial charge on any atom is 0.338 e. The topological polar surface area (TPSA) is 50.2 Å². The summed E-state index contributed by atoms with van der Waals surface area (Å²) in [5.74, 6) is 1.13. The molecule has 0 aliphatic carbocycles. The molecule has 0 saturated carbocycles. The molecule has 0 bridgehead atoms. The SMILES string of the molecule is C#Cc1cnc(Cl)c(C(=O)O)c1. The summed E-state index contributed by atoms with van der Waals surface area (Å²) in [5, 5.41) is 8.54. The van der Waals surface area contributed by atoms with Crippen LogP contribution in [-0.2, 0) is 0 Å². The molecule has 0 atom stereocenters. The van der Waals surface area contributed by atoms with Gasteiger partial charge in [0, 0.05) is 11.8 Å². The molecule has 0 aliphatic rings. The fourth-order valence-electron chi connectivity index (χ4n) is 0.677. The molecule has 1 N–H and O–H groups in total. The number of aromatic nitrogens is 1. The lowest BCUT2D eigenvalue weighted by atomic mass is 10.2. The summed E-state index contributed by atoms with van der Waals surface area (Å²) in [6.07, 6.45) is 6.38. The highest BCUT2D eigenvalue weighted by Gasteiger charge is 2.09. The Morgan fingerprint density at radius 1 is 1.75 bits per heavy atom. The first-order valence-corrected chi connectivity index (χ1v) is 3.38. The van der Waals surface area contributed by atoms with Crippen LogP contribution in [0.15, 0.2) is 12.3 Å². The average molecular weight is 182 g/mol. The van der Waals surface area contributed by atoms with E-state index in [-0.39, 0.29) is 10.7 Å². The molecule has 12 heavy (non-hydrogen) atoms. The summed E-state index contributed by atoms with van der Waals surface area (Å²) in [6.45, 7) is 0. The summed E-state index contributed by atoms with van der Waals surface area (Å²) < 4.78 is 0. The van der Waals surface area contributed by atoms with Crippen molar-refractivity contribution >= 4 is 17.6 Å². The van der Waals surface area contributed by atoms with Gasteiger partial charge in [-0.15, -0.1) is 6.42 Å². The van der Waals surface area contributed by atoms with Gasteiger partial charge in [-0.3, -0.25) is 0 Å². The maximum atomic E-state index is 10.5. The van der Waals surface area contributed by atoms with Crippen LogP contribution in [0.5, 0.6) is 0 Å². The number of hydrogen-bond donors (Lipinski definition) is 1. The van der Waals surface area contributed by atoms with E-state index in [0.29, 0.717) is 5.56 Å². The van der Waals surface area contributed by atoms with Crippen LogP contribution in [0.4, 0.5) is 0 Å². The first-order chi connectivity index (χ1) is 5.65. The summed E-state index contributed by atoms with van der Waals surface area (Å²) in [5.41, 5.74) is 0.323. The first kappa shape index (κ1) is 8.57. The Morgan fingerprint density at radius 2 is 2.42 bits per heavy atom. The minimum absolute atomic E-state index is 0.0542. The highest BCUT2D eigenvalue weighted by atomic mass is 35.5. The number of terminal acetylenes is 1. The van der Waals surface area contributed by atoms with Gasteiger partial charge >= 0.3 is 5.97 Å². The van der Waals surface area contributed by atoms with E-state index >= 15 is 0 Å². The van der Waals surface area contributed by atoms with Gasteiger partial charge in [-0.05, 0) is 6.07 Å². The quantitative estimate of drug-likeness (QED) is 0.527. The second kappa shape index (κ2) is 3.24. The Morgan fingerprint density at radius 3 is 2.92 bits per heavy atom. The van der Waals surface area contributed by atoms with Gasteiger partial charge in [0.05, 0.1) is 5.56 Å². The van der Waals surface area contributed by atoms with Crippen molar-refractivity contribution in [3.05, 3.63) is 28.5 Å². The van der Waals surface area contributed by atoms with Gasteiger partial charge < -0.3 is 5.11 Å². The van der Waals surface area contributed by atoms with Crippen LogP contribution in [0, 0.1) is 12.3 Å². The number of carboxylic acid groups (broad SMARTS) is 1. The lowest BCUT2D eigenvalue weighted by Crippen LogP contribution is -1.99. The van der Waals surface area contributed by atoms with Crippen LogP contribution < -0.4 is 0 Å². The Bertz CT molecular complexity index is 368. The molecule has 0 spiro atoms. The van der Waals surface area contributed by atoms with Crippen molar-refractivity contribution in [3.8, 4) is 12.3 Å². The monoisotopic (exact) mass is 181 g/mol. The number of nitrogens with zero attached hydrogens (tertiary/aromatic N) is 1. The molecular weight excluding hydrogens is 178 g/mol. The molecule has 0 unspecified atom stereocenters. The molecule has 0 amide bonds. The van der Waals surface area contributed by atoms with Gasteiger partial charge in [0.25, 0.3) is 0 Å². The van der Waals surface area contributed by atoms with Crippen LogP contribution in [0.25, 0.3) is 0 Å². The van der Waals surface area contributed by atoms with E-state index < -0.39 is 5.97 Å². The van der Waals surface area contributed by atoms with E-state index in [1.807, 2.05) is 0 Å². The summed E-state index contributed by atoms with van der Waals surface area (Å²) in [7, 11) is 0. The van der Waals surface area contributed by atoms with Gasteiger partial charge in [0.1, 0.15) is 5.15 Å². The Hall–Kier alpha value is -1.53. The molecule has 1 rings (SSSR count). The van der Waals surface area contributed by atoms with Crippen molar-refractivity contribution < 1.29 is 9.90 Å². The second-order valence-corrected chi connectivity index (χ2v) is 2.37. The highest BCUT2D eigenvalue weighted by molar-refractivity contribution is 6.32. The highest BCUT2D eigenvalue weighted by Crippen LogP contribution is 2.13. The molecule has 4 heteroatoms. The Labute approximate surface area is 74.0 Å². The van der Waals surface area contributed by atoms with E-state index in [1.165, 1.54) is 12.3 Å². The molecule has 0 fully saturated rings. The van der Waals surface area contributed by atoms with Crippen molar-refractivity contribution in [2.24, 2.45) is 0 Å². The molecule has 0 aliphatic heterocycles. The lowest BCUT2D eigenvalue weighted by Gasteiger charge is -1.96. The number of carboxylic acids is 1. The zero-order valence-corrected chi connectivity index (χ0v) is 6.67. The van der Waals surface area contributed by atoms with Crippen LogP contribution >= 0.6 is 11.6 Å². The molecular formula is C8H4ClNO2. The molecule has 0 radical (unpaired) electrons. The standard InChI is InChI=1S/C8H4ClNO2/c1-2-5-3-6(8(11)12)7(9)10-4-5/h1,3-4H,(H,11,12). The molecule has 1 aromatic rings. The number of aromatic carboxylic acids is 1. The van der Waals surface area contributed by atoms with Crippen molar-refractivity contribution in [2.75, 3.05) is 0 Å². The second-order valence-electron chi connectivity index (χ2n) is 2.01. The predicted molar refractivity (Wildman–Crippen MR) is 44.1 cm³/mol. The van der Waals surface area contributed by atoms with Crippen molar-refractivity contribution in [1.29, 1.82) is 0 Å². The average Bonchev–Trinajstić information content (AvgIpc) is 2.05. The summed E-state index contributed by atoms with van der Waals surface area (Å²) in [6, 6.07) is 1.30. The largest absolute Gasteiger partial charge is 0.478 e. The zero-order chi connectivity index (χ0) is 9.14. The molecule has 1 aromatic heterocycles. The smallest absolute Gasteiger partial charge is 0.338 e. The Kier molecular flexibility index (Phi) is 2.32. The van der Waals surface area contributed by atoms with Crippen molar-refractivity contribution in [3.63, 3.8) is 0 Å². The zero-order valence-electron chi connectivity index (χ0n) is 5.91. The fourth-order valence-corrected chi connectivity index (χ4v) is 0.861. The Balaban J connectivity index is 3.28. The van der Waals surface area contributed by atoms with Crippen LogP contribution in [-0.4, -0.2) is 16.1 Å². The number of hydrogen-bond acceptors (Lipinski definition) is 2. The van der Waals surface area contributed by atoms with Crippen LogP contribution in [0.1, 0.15) is 15.9 Å². The third-order valence-electron chi connectivity index (χ3n) is 1.24. The normalized spacial score (nSPS) is 9.00. The molecule has 0 aromatic carbocycles. The third kappa shape index (κ3) is 1.55. The minimum Gasteiger partial charge on any atom is -0.478 e. The van der Waals surface area contributed by atoms with Gasteiger partial charge in [0.2, 0.25) is 0 Å². The van der Waals surface area contributed by atoms with E-state index in [9.17, 15) is 4.79 Å². The van der Waals surface area contributed by atoms with Gasteiger partial charge in [0.15, 0.2) is 0 Å². The third-order valence-corrected chi connectivity index (χ3v) is 1.54. The molecule has 3 nitrogen and oxygen atoms in total. The van der Waals surface area contributed by atoms with E-state index in [1.54, 1.807) is 0 Å². The lowest BCUT2D eigenvalue weighted by molar-refractivity contribution is 0.0696. The predicted octanol–water partition coefficient (Wildman–Crippen LogP) is 1.41. The number of halogens is 1. The van der Waals surface area contributed by atoms with Crippen molar-refractivity contribution in [1.82, 2.24) is 4.98 Å². The van der Waals surface area contributed by atoms with E-state index in [4.69, 9.17) is 23.1 Å². The van der Waals surface area contributed by atoms with Crippen molar-refractivity contribution in [2.45, 2.75) is 0 Å². The van der Waals surface area contributed by atoms with Gasteiger partial charge in [-0.2, -0.15) is 0 Å². The first-order valence-electron chi connectivity index (χ1n) is 3.00. The van der Waals surface area contributed by atoms with Crippen LogP contribution in [0.2, 0.25) is 5.15 Å². The van der Waals surface area contributed by atoms with Gasteiger partial charge in [-0.25, -0.2) is 9.78 Å². The minimum atomic E-state index is -1.13. The molecule has 60 valence electrons. The van der Waals surface area contributed by atoms with E-state index in [0.717, 1.165) is 0 Å². The number of rotatable bonds is 1. The van der Waals surface area contributed by atoms with Crippen LogP contribution in [0.3, 0.4) is 0 Å². The number of pyridine rings is 1. The molecule has 0 saturated heterocycles. The fraction of sp³-hybridized carbons (Fsp3) is 0. The number of carbonyl (C=O) groups is 1. The van der Waals surface area contributed by atoms with E-state index in [2.05, 4.69) is 10.9 Å². The van der Waals surface area contributed by atoms with Gasteiger partial charge in [-0.1, -0.05) is 17.5 Å². The summed E-state index contributed by atoms with van der Waals surface area (Å²) in [4.78, 5) is 14.1. The molecule has 1 heterocycles.